The molecule has 1 aliphatic rings. The second-order valence-electron chi connectivity index (χ2n) is 7.85. The van der Waals surface area contributed by atoms with Crippen LogP contribution in [0.15, 0.2) is 85.9 Å². The Labute approximate surface area is 232 Å². The number of anilines is 1. The highest BCUT2D eigenvalue weighted by Crippen LogP contribution is 2.27. The zero-order valence-corrected chi connectivity index (χ0v) is 21.7. The maximum absolute atomic E-state index is 13.0. The average molecular weight is 605 g/mol. The molecule has 0 unspecified atom stereocenters. The number of hydrazone groups is 1. The molecule has 0 radical (unpaired) electrons. The smallest absolute Gasteiger partial charge is 0.357 e. The van der Waals surface area contributed by atoms with Crippen molar-refractivity contribution in [3.8, 4) is 5.69 Å². The lowest BCUT2D eigenvalue weighted by molar-refractivity contribution is -0.432. The predicted octanol–water partition coefficient (Wildman–Crippen LogP) is 1.97. The van der Waals surface area contributed by atoms with Crippen LogP contribution in [0.3, 0.4) is 0 Å². The Morgan fingerprint density at radius 1 is 0.976 bits per heavy atom. The number of nitrogens with one attached hydrogen (secondary N) is 1. The fraction of sp³-hybridized carbons (Fsp3) is 0. The molecule has 0 saturated heterocycles. The van der Waals surface area contributed by atoms with Crippen LogP contribution in [-0.2, 0) is 29.1 Å². The number of carboxylic acids is 2. The van der Waals surface area contributed by atoms with Crippen molar-refractivity contribution in [2.24, 2.45) is 5.10 Å². The SMILES string of the molecule is O=C(O)C1=NN(c2ccc(SOOO)cc2)C(=O)C1=CC=Cc1c(C(=O)O)[nH]n(-c2ccc(S(=O)(=O)O)cc2)c1=O. The minimum atomic E-state index is -4.50. The molecule has 1 amide bonds. The van der Waals surface area contributed by atoms with E-state index in [0.29, 0.717) is 16.9 Å². The van der Waals surface area contributed by atoms with Crippen molar-refractivity contribution < 1.29 is 52.2 Å². The van der Waals surface area contributed by atoms with Crippen molar-refractivity contribution in [1.82, 2.24) is 9.78 Å². The van der Waals surface area contributed by atoms with Gasteiger partial charge in [-0.2, -0.15) is 18.5 Å². The Hall–Kier alpha value is -4.85. The number of H-pyrrole nitrogens is 1. The first-order valence-corrected chi connectivity index (χ1v) is 13.1. The Morgan fingerprint density at radius 3 is 2.17 bits per heavy atom. The van der Waals surface area contributed by atoms with Gasteiger partial charge in [0.25, 0.3) is 21.6 Å². The highest BCUT2D eigenvalue weighted by atomic mass is 32.2. The summed E-state index contributed by atoms with van der Waals surface area (Å²) in [6.07, 6.45) is 3.20. The monoisotopic (exact) mass is 604 g/mol. The van der Waals surface area contributed by atoms with Gasteiger partial charge < -0.3 is 10.2 Å². The first-order valence-electron chi connectivity index (χ1n) is 10.9. The summed E-state index contributed by atoms with van der Waals surface area (Å²) in [6, 6.07) is 10.1. The quantitative estimate of drug-likeness (QED) is 0.0732. The minimum absolute atomic E-state index is 0.0460. The van der Waals surface area contributed by atoms with E-state index in [0.717, 1.165) is 52.2 Å². The van der Waals surface area contributed by atoms with E-state index in [2.05, 4.69) is 19.6 Å². The molecule has 0 atom stereocenters. The number of carbonyl (C=O) groups excluding carboxylic acids is 1. The number of aliphatic carboxylic acids is 1. The topological polar surface area (TPSA) is 238 Å². The second kappa shape index (κ2) is 11.7. The summed E-state index contributed by atoms with van der Waals surface area (Å²) in [5.74, 6) is -3.87. The van der Waals surface area contributed by atoms with Crippen LogP contribution in [0.1, 0.15) is 16.1 Å². The first kappa shape index (κ1) is 29.1. The van der Waals surface area contributed by atoms with Crippen LogP contribution in [0.4, 0.5) is 5.69 Å². The molecular weight excluding hydrogens is 588 g/mol. The van der Waals surface area contributed by atoms with Gasteiger partial charge in [-0.3, -0.25) is 19.2 Å². The number of aromatic carboxylic acids is 1. The lowest BCUT2D eigenvalue weighted by Gasteiger charge is -2.11. The Bertz CT molecular complexity index is 1790. The van der Waals surface area contributed by atoms with E-state index in [1.165, 1.54) is 24.3 Å². The summed E-state index contributed by atoms with van der Waals surface area (Å²) < 4.78 is 36.8. The molecule has 0 fully saturated rings. The van der Waals surface area contributed by atoms with Crippen LogP contribution in [0.2, 0.25) is 0 Å². The van der Waals surface area contributed by atoms with Crippen molar-refractivity contribution >= 4 is 57.5 Å². The highest BCUT2D eigenvalue weighted by Gasteiger charge is 2.34. The normalized spacial score (nSPS) is 14.7. The van der Waals surface area contributed by atoms with Crippen molar-refractivity contribution in [3.63, 3.8) is 0 Å². The molecule has 212 valence electrons. The number of hydrogen-bond acceptors (Lipinski definition) is 11. The Balaban J connectivity index is 1.65. The third-order valence-corrected chi connectivity index (χ3v) is 6.84. The molecule has 1 aromatic heterocycles. The maximum Gasteiger partial charge on any atom is 0.357 e. The van der Waals surface area contributed by atoms with Crippen LogP contribution in [-0.4, -0.2) is 61.8 Å². The van der Waals surface area contributed by atoms with Gasteiger partial charge in [-0.05, 0) is 60.7 Å². The average Bonchev–Trinajstić information content (AvgIpc) is 3.44. The highest BCUT2D eigenvalue weighted by molar-refractivity contribution is 7.94. The van der Waals surface area contributed by atoms with Gasteiger partial charge in [-0.25, -0.2) is 19.5 Å². The molecule has 5 N–H and O–H groups in total. The second-order valence-corrected chi connectivity index (χ2v) is 10.0. The molecule has 0 saturated carbocycles. The molecule has 16 nitrogen and oxygen atoms in total. The number of amides is 1. The number of carboxylic acid groups (broad SMARTS) is 2. The lowest BCUT2D eigenvalue weighted by Crippen LogP contribution is -2.22. The zero-order valence-electron chi connectivity index (χ0n) is 20.1. The summed E-state index contributed by atoms with van der Waals surface area (Å²) >= 11 is 0.662. The Morgan fingerprint density at radius 2 is 1.61 bits per heavy atom. The van der Waals surface area contributed by atoms with Crippen LogP contribution < -0.4 is 10.6 Å². The third kappa shape index (κ3) is 6.17. The molecule has 41 heavy (non-hydrogen) atoms. The first-order chi connectivity index (χ1) is 19.4. The van der Waals surface area contributed by atoms with E-state index >= 15 is 0 Å². The largest absolute Gasteiger partial charge is 0.477 e. The van der Waals surface area contributed by atoms with Crippen molar-refractivity contribution in [3.05, 3.63) is 87.9 Å². The number of aromatic amines is 1. The molecule has 1 aliphatic heterocycles. The van der Waals surface area contributed by atoms with Gasteiger partial charge in [-0.15, -0.1) is 4.33 Å². The standard InChI is InChI=1S/C23H16N4O12S2/c28-20-16(18(22(30)31)24-26(20)12-4-8-14(9-5-12)40-39-38-34)2-1-3-17-19(23(32)33)25-27(21(17)29)13-6-10-15(11-7-13)41(35,36)37/h1-11,25,34H,(H,30,31)(H,32,33)(H,35,36,37). The molecule has 2 aromatic carbocycles. The van der Waals surface area contributed by atoms with Gasteiger partial charge >= 0.3 is 11.9 Å². The summed E-state index contributed by atoms with van der Waals surface area (Å²) in [7, 11) is -4.50. The molecule has 3 aromatic rings. The Kier molecular flexibility index (Phi) is 8.33. The van der Waals surface area contributed by atoms with Gasteiger partial charge in [0.15, 0.2) is 11.4 Å². The van der Waals surface area contributed by atoms with Crippen molar-refractivity contribution in [2.75, 3.05) is 5.01 Å². The van der Waals surface area contributed by atoms with Crippen molar-refractivity contribution in [1.29, 1.82) is 0 Å². The van der Waals surface area contributed by atoms with Gasteiger partial charge in [-0.1, -0.05) is 11.1 Å². The summed E-state index contributed by atoms with van der Waals surface area (Å²) in [4.78, 5) is 49.5. The van der Waals surface area contributed by atoms with E-state index in [-0.39, 0.29) is 22.5 Å². The van der Waals surface area contributed by atoms with E-state index < -0.39 is 49.8 Å². The van der Waals surface area contributed by atoms with Gasteiger partial charge in [0.2, 0.25) is 0 Å². The molecular formula is C23H16N4O12S2. The van der Waals surface area contributed by atoms with E-state index in [9.17, 15) is 37.8 Å². The molecule has 0 aliphatic carbocycles. The van der Waals surface area contributed by atoms with Crippen LogP contribution in [0, 0.1) is 0 Å². The fourth-order valence-electron chi connectivity index (χ4n) is 3.55. The predicted molar refractivity (Wildman–Crippen MR) is 140 cm³/mol. The van der Waals surface area contributed by atoms with E-state index in [4.69, 9.17) is 9.81 Å². The number of rotatable bonds is 10. The van der Waals surface area contributed by atoms with Gasteiger partial charge in [0.1, 0.15) is 0 Å². The number of hydrogen-bond donors (Lipinski definition) is 5. The lowest BCUT2D eigenvalue weighted by atomic mass is 10.1. The van der Waals surface area contributed by atoms with E-state index in [1.54, 1.807) is 0 Å². The number of nitrogens with zero attached hydrogens (tertiary/aromatic N) is 3. The summed E-state index contributed by atoms with van der Waals surface area (Å²) in [6.45, 7) is 0. The molecule has 4 rings (SSSR count). The number of benzene rings is 2. The fourth-order valence-corrected chi connectivity index (χ4v) is 4.39. The molecule has 18 heteroatoms. The van der Waals surface area contributed by atoms with Crippen LogP contribution in [0.25, 0.3) is 11.8 Å². The van der Waals surface area contributed by atoms with Crippen molar-refractivity contribution in [2.45, 2.75) is 9.79 Å². The number of allylic oxidation sites excluding steroid dienone is 2. The minimum Gasteiger partial charge on any atom is -0.477 e. The zero-order chi connectivity index (χ0) is 29.9. The number of aromatic nitrogens is 2. The van der Waals surface area contributed by atoms with Gasteiger partial charge in [0, 0.05) is 4.90 Å². The molecule has 0 spiro atoms. The summed E-state index contributed by atoms with van der Waals surface area (Å²) in [5.41, 5.74) is -2.52. The third-order valence-electron chi connectivity index (χ3n) is 5.38. The van der Waals surface area contributed by atoms with Crippen LogP contribution >= 0.6 is 12.0 Å². The molecule has 0 bridgehead atoms. The maximum atomic E-state index is 13.0. The molecule has 2 heterocycles. The summed E-state index contributed by atoms with van der Waals surface area (Å²) in [5, 5.41) is 37.9. The van der Waals surface area contributed by atoms with Gasteiger partial charge in [0.05, 0.1) is 39.4 Å². The van der Waals surface area contributed by atoms with Crippen LogP contribution in [0.5, 0.6) is 0 Å². The number of carbonyl (C=O) groups is 3. The van der Waals surface area contributed by atoms with E-state index in [1.807, 2.05) is 0 Å².